The van der Waals surface area contributed by atoms with Crippen LogP contribution in [0.1, 0.15) is 341 Å². The van der Waals surface area contributed by atoms with E-state index in [9.17, 15) is 30.3 Å². The normalized spacial score (nSPS) is 18.5. The molecule has 9 nitrogen and oxygen atoms in total. The Balaban J connectivity index is 2.12. The summed E-state index contributed by atoms with van der Waals surface area (Å²) < 4.78 is 11.3. The highest BCUT2D eigenvalue weighted by Gasteiger charge is 2.44. The SMILES string of the molecule is CC/C=C\C/C=C\C/C=C\C/C=C\C/C=C\C/C=C\CCCCCCCCCCCCCCC(=O)NC(COC1OC(CO)C(O)C(O)C1O)C(O)/C=C/CCCCCCCCCCCCCCCCCCCCCCCCCCCCCCCC. The maximum Gasteiger partial charge on any atom is 0.220 e. The average Bonchev–Trinajstić information content (AvgIpc) is 3.59. The van der Waals surface area contributed by atoms with E-state index in [0.29, 0.717) is 6.42 Å². The van der Waals surface area contributed by atoms with Crippen LogP contribution in [0.3, 0.4) is 0 Å². The van der Waals surface area contributed by atoms with Gasteiger partial charge in [0, 0.05) is 6.42 Å². The number of allylic oxidation sites excluding steroid dienone is 13. The summed E-state index contributed by atoms with van der Waals surface area (Å²) in [5, 5.41) is 54.8. The molecule has 6 N–H and O–H groups in total. The van der Waals surface area contributed by atoms with Crippen molar-refractivity contribution in [1.82, 2.24) is 5.32 Å². The van der Waals surface area contributed by atoms with Crippen LogP contribution in [-0.2, 0) is 14.3 Å². The number of rotatable bonds is 64. The van der Waals surface area contributed by atoms with Gasteiger partial charge in [-0.15, -0.1) is 0 Å². The van der Waals surface area contributed by atoms with Gasteiger partial charge in [-0.25, -0.2) is 0 Å². The predicted octanol–water partition coefficient (Wildman–Crippen LogP) is 20.5. The molecule has 0 bridgehead atoms. The van der Waals surface area contributed by atoms with E-state index >= 15 is 0 Å². The molecular formula is C77H139NO8. The lowest BCUT2D eigenvalue weighted by molar-refractivity contribution is -0.302. The Labute approximate surface area is 531 Å². The number of aliphatic hydroxyl groups excluding tert-OH is 5. The first-order valence-corrected chi connectivity index (χ1v) is 36.8. The zero-order valence-corrected chi connectivity index (χ0v) is 56.1. The van der Waals surface area contributed by atoms with Crippen LogP contribution in [0.2, 0.25) is 0 Å². The maximum absolute atomic E-state index is 13.1. The van der Waals surface area contributed by atoms with Crippen LogP contribution < -0.4 is 5.32 Å². The molecule has 0 spiro atoms. The summed E-state index contributed by atoms with van der Waals surface area (Å²) in [6.07, 6.45) is 87.0. The molecule has 1 saturated heterocycles. The van der Waals surface area contributed by atoms with Gasteiger partial charge in [-0.3, -0.25) is 4.79 Å². The molecular weight excluding hydrogens is 1070 g/mol. The fourth-order valence-corrected chi connectivity index (χ4v) is 11.5. The molecule has 500 valence electrons. The average molecular weight is 1210 g/mol. The van der Waals surface area contributed by atoms with Crippen molar-refractivity contribution < 1.29 is 39.8 Å². The number of carbonyl (C=O) groups is 1. The van der Waals surface area contributed by atoms with Crippen molar-refractivity contribution >= 4 is 5.91 Å². The predicted molar refractivity (Wildman–Crippen MR) is 368 cm³/mol. The second kappa shape index (κ2) is 65.3. The molecule has 1 heterocycles. The number of ether oxygens (including phenoxy) is 2. The van der Waals surface area contributed by atoms with E-state index in [-0.39, 0.29) is 12.5 Å². The number of unbranched alkanes of at least 4 members (excludes halogenated alkanes) is 42. The lowest BCUT2D eigenvalue weighted by Crippen LogP contribution is -2.60. The summed E-state index contributed by atoms with van der Waals surface area (Å²) in [7, 11) is 0. The number of hydrogen-bond acceptors (Lipinski definition) is 8. The Morgan fingerprint density at radius 3 is 1.07 bits per heavy atom. The molecule has 1 aliphatic rings. The van der Waals surface area contributed by atoms with E-state index < -0.39 is 49.5 Å². The number of nitrogens with one attached hydrogen (secondary N) is 1. The lowest BCUT2D eigenvalue weighted by Gasteiger charge is -2.40. The van der Waals surface area contributed by atoms with Crippen molar-refractivity contribution in [2.45, 2.75) is 384 Å². The zero-order chi connectivity index (χ0) is 62.1. The molecule has 7 atom stereocenters. The monoisotopic (exact) mass is 1210 g/mol. The Kier molecular flexibility index (Phi) is 61.8. The first-order chi connectivity index (χ1) is 42.3. The third-order valence-electron chi connectivity index (χ3n) is 17.2. The number of aliphatic hydroxyl groups is 5. The standard InChI is InChI=1S/C77H139NO8/c1-3-5-7-9-11-13-15-17-19-21-23-25-27-29-31-33-35-37-38-40-42-44-46-48-50-52-54-56-58-60-62-64-66-71(80)70(69-85-77-76(84)75(83)74(82)72(68-79)86-77)78-73(81)67-65-63-61-59-57-55-53-51-49-47-45-43-41-39-36-34-32-30-28-26-24-22-20-18-16-14-12-10-8-6-4-2/h6,8,12,14,18,20,24,26,30,32,36,39,64,66,70-72,74-77,79-80,82-84H,3-5,7,9-11,13,15-17,19,21-23,25,27-29,31,33-35,37-38,40-63,65,67-69H2,1-2H3,(H,78,81)/b8-6-,14-12-,20-18-,26-24-,32-30-,39-36-,66-64+. The molecule has 1 aliphatic heterocycles. The molecule has 0 aromatic carbocycles. The van der Waals surface area contributed by atoms with Gasteiger partial charge in [0.2, 0.25) is 5.91 Å². The van der Waals surface area contributed by atoms with Gasteiger partial charge >= 0.3 is 0 Å². The van der Waals surface area contributed by atoms with Crippen LogP contribution in [0.15, 0.2) is 85.1 Å². The summed E-state index contributed by atoms with van der Waals surface area (Å²) in [6, 6.07) is -0.813. The van der Waals surface area contributed by atoms with Crippen LogP contribution in [-0.4, -0.2) is 87.5 Å². The van der Waals surface area contributed by atoms with Gasteiger partial charge in [-0.1, -0.05) is 349 Å². The van der Waals surface area contributed by atoms with E-state index in [2.05, 4.69) is 92.1 Å². The van der Waals surface area contributed by atoms with E-state index in [1.54, 1.807) is 6.08 Å². The highest BCUT2D eigenvalue weighted by Crippen LogP contribution is 2.23. The summed E-state index contributed by atoms with van der Waals surface area (Å²) in [4.78, 5) is 13.1. The van der Waals surface area contributed by atoms with Gasteiger partial charge in [0.25, 0.3) is 0 Å². The van der Waals surface area contributed by atoms with Crippen molar-refractivity contribution in [2.75, 3.05) is 13.2 Å². The quantitative estimate of drug-likeness (QED) is 0.0261. The Morgan fingerprint density at radius 2 is 0.721 bits per heavy atom. The molecule has 1 amide bonds. The molecule has 1 rings (SSSR count). The smallest absolute Gasteiger partial charge is 0.220 e. The minimum atomic E-state index is -1.57. The minimum absolute atomic E-state index is 0.178. The molecule has 9 heteroatoms. The molecule has 0 radical (unpaired) electrons. The lowest BCUT2D eigenvalue weighted by atomic mass is 9.99. The van der Waals surface area contributed by atoms with Crippen molar-refractivity contribution in [3.05, 3.63) is 85.1 Å². The maximum atomic E-state index is 13.1. The van der Waals surface area contributed by atoms with Crippen LogP contribution >= 0.6 is 0 Å². The largest absolute Gasteiger partial charge is 0.394 e. The fourth-order valence-electron chi connectivity index (χ4n) is 11.5. The molecule has 7 unspecified atom stereocenters. The van der Waals surface area contributed by atoms with Gasteiger partial charge in [0.1, 0.15) is 24.4 Å². The second-order valence-electron chi connectivity index (χ2n) is 25.4. The number of amides is 1. The van der Waals surface area contributed by atoms with Crippen molar-refractivity contribution in [3.8, 4) is 0 Å². The van der Waals surface area contributed by atoms with E-state index in [1.807, 2.05) is 6.08 Å². The topological polar surface area (TPSA) is 149 Å². The highest BCUT2D eigenvalue weighted by atomic mass is 16.7. The minimum Gasteiger partial charge on any atom is -0.394 e. The van der Waals surface area contributed by atoms with Gasteiger partial charge in [0.15, 0.2) is 6.29 Å². The van der Waals surface area contributed by atoms with Crippen molar-refractivity contribution in [2.24, 2.45) is 0 Å². The molecule has 86 heavy (non-hydrogen) atoms. The third-order valence-corrected chi connectivity index (χ3v) is 17.2. The van der Waals surface area contributed by atoms with E-state index in [0.717, 1.165) is 77.0 Å². The zero-order valence-electron chi connectivity index (χ0n) is 56.1. The highest BCUT2D eigenvalue weighted by molar-refractivity contribution is 5.76. The number of hydrogen-bond donors (Lipinski definition) is 6. The Morgan fingerprint density at radius 1 is 0.407 bits per heavy atom. The molecule has 0 aromatic heterocycles. The van der Waals surface area contributed by atoms with Gasteiger partial charge < -0.3 is 40.3 Å². The summed E-state index contributed by atoms with van der Waals surface area (Å²) in [6.45, 7) is 3.70. The van der Waals surface area contributed by atoms with Crippen LogP contribution in [0, 0.1) is 0 Å². The second-order valence-corrected chi connectivity index (χ2v) is 25.4. The first kappa shape index (κ1) is 81.4. The van der Waals surface area contributed by atoms with Crippen LogP contribution in [0.25, 0.3) is 0 Å². The van der Waals surface area contributed by atoms with Crippen LogP contribution in [0.5, 0.6) is 0 Å². The Hall–Kier alpha value is -2.63. The fraction of sp³-hybridized carbons (Fsp3) is 0.805. The summed E-state index contributed by atoms with van der Waals surface area (Å²) >= 11 is 0. The molecule has 0 aromatic rings. The molecule has 0 aliphatic carbocycles. The van der Waals surface area contributed by atoms with Gasteiger partial charge in [0.05, 0.1) is 25.4 Å². The molecule has 0 saturated carbocycles. The first-order valence-electron chi connectivity index (χ1n) is 36.8. The van der Waals surface area contributed by atoms with Crippen molar-refractivity contribution in [1.29, 1.82) is 0 Å². The van der Waals surface area contributed by atoms with Gasteiger partial charge in [-0.2, -0.15) is 0 Å². The van der Waals surface area contributed by atoms with Crippen LogP contribution in [0.4, 0.5) is 0 Å². The number of carbonyl (C=O) groups excluding carboxylic acids is 1. The van der Waals surface area contributed by atoms with Gasteiger partial charge in [-0.05, 0) is 70.6 Å². The van der Waals surface area contributed by atoms with E-state index in [4.69, 9.17) is 9.47 Å². The van der Waals surface area contributed by atoms with E-state index in [1.165, 1.54) is 244 Å². The summed E-state index contributed by atoms with van der Waals surface area (Å²) in [5.74, 6) is -0.178. The van der Waals surface area contributed by atoms with Crippen molar-refractivity contribution in [3.63, 3.8) is 0 Å². The summed E-state index contributed by atoms with van der Waals surface area (Å²) in [5.41, 5.74) is 0. The molecule has 1 fully saturated rings. The Bertz CT molecular complexity index is 1640. The third kappa shape index (κ3) is 53.2.